The van der Waals surface area contributed by atoms with Crippen molar-refractivity contribution in [2.45, 2.75) is 31.2 Å². The quantitative estimate of drug-likeness (QED) is 0.488. The second kappa shape index (κ2) is 9.65. The van der Waals surface area contributed by atoms with Gasteiger partial charge in [0.25, 0.3) is 15.9 Å². The summed E-state index contributed by atoms with van der Waals surface area (Å²) in [6.07, 6.45) is 0.258. The lowest BCUT2D eigenvalue weighted by molar-refractivity contribution is -0.119. The molecular formula is C24H25N3O4S. The second-order valence-corrected chi connectivity index (χ2v) is 9.23. The smallest absolute Gasteiger partial charge is 0.261 e. The van der Waals surface area contributed by atoms with Crippen molar-refractivity contribution < 1.29 is 18.0 Å². The lowest BCUT2D eigenvalue weighted by Crippen LogP contribution is -2.45. The monoisotopic (exact) mass is 451 g/mol. The van der Waals surface area contributed by atoms with Crippen LogP contribution in [0.3, 0.4) is 0 Å². The molecule has 4 N–H and O–H groups in total. The predicted molar refractivity (Wildman–Crippen MR) is 124 cm³/mol. The number of benzene rings is 3. The summed E-state index contributed by atoms with van der Waals surface area (Å²) in [6.45, 7) is 3.84. The van der Waals surface area contributed by atoms with Crippen LogP contribution in [0.1, 0.15) is 27.0 Å². The number of nitrogens with one attached hydrogen (secondary N) is 2. The number of amides is 2. The van der Waals surface area contributed by atoms with Gasteiger partial charge in [-0.1, -0.05) is 36.4 Å². The van der Waals surface area contributed by atoms with Gasteiger partial charge in [-0.2, -0.15) is 0 Å². The van der Waals surface area contributed by atoms with Gasteiger partial charge in [0.1, 0.15) is 6.04 Å². The van der Waals surface area contributed by atoms with Gasteiger partial charge in [0.05, 0.1) is 4.90 Å². The minimum Gasteiger partial charge on any atom is -0.368 e. The van der Waals surface area contributed by atoms with E-state index in [0.29, 0.717) is 5.69 Å². The first-order valence-corrected chi connectivity index (χ1v) is 11.5. The van der Waals surface area contributed by atoms with Crippen molar-refractivity contribution in [1.82, 2.24) is 5.32 Å². The number of carbonyl (C=O) groups is 2. The Morgan fingerprint density at radius 3 is 2.16 bits per heavy atom. The van der Waals surface area contributed by atoms with Gasteiger partial charge in [0, 0.05) is 17.7 Å². The van der Waals surface area contributed by atoms with Gasteiger partial charge in [-0.15, -0.1) is 0 Å². The molecule has 0 heterocycles. The number of carbonyl (C=O) groups excluding carboxylic acids is 2. The summed E-state index contributed by atoms with van der Waals surface area (Å²) in [5.41, 5.74) is 9.01. The molecule has 0 fully saturated rings. The van der Waals surface area contributed by atoms with Crippen LogP contribution in [-0.4, -0.2) is 26.3 Å². The lowest BCUT2D eigenvalue weighted by Gasteiger charge is -2.16. The maximum Gasteiger partial charge on any atom is 0.261 e. The zero-order valence-corrected chi connectivity index (χ0v) is 18.6. The maximum atomic E-state index is 12.7. The van der Waals surface area contributed by atoms with Crippen molar-refractivity contribution >= 4 is 27.5 Å². The van der Waals surface area contributed by atoms with Crippen molar-refractivity contribution in [3.8, 4) is 0 Å². The first kappa shape index (κ1) is 23.0. The number of sulfonamides is 1. The molecule has 3 rings (SSSR count). The number of rotatable bonds is 8. The highest BCUT2D eigenvalue weighted by molar-refractivity contribution is 7.92. The molecule has 166 valence electrons. The van der Waals surface area contributed by atoms with E-state index >= 15 is 0 Å². The first-order chi connectivity index (χ1) is 15.2. The van der Waals surface area contributed by atoms with Crippen molar-refractivity contribution in [2.24, 2.45) is 5.73 Å². The molecule has 3 aromatic carbocycles. The Bertz CT molecular complexity index is 1220. The van der Waals surface area contributed by atoms with Gasteiger partial charge in [0.15, 0.2) is 0 Å². The van der Waals surface area contributed by atoms with Crippen molar-refractivity contribution in [2.75, 3.05) is 4.72 Å². The molecule has 0 aliphatic carbocycles. The average molecular weight is 452 g/mol. The van der Waals surface area contributed by atoms with Crippen LogP contribution in [0.4, 0.5) is 5.69 Å². The molecule has 0 aromatic heterocycles. The maximum absolute atomic E-state index is 12.7. The molecule has 0 radical (unpaired) electrons. The number of anilines is 1. The van der Waals surface area contributed by atoms with Gasteiger partial charge in [0.2, 0.25) is 5.91 Å². The summed E-state index contributed by atoms with van der Waals surface area (Å²) in [5, 5.41) is 2.61. The number of primary amides is 1. The van der Waals surface area contributed by atoms with Gasteiger partial charge >= 0.3 is 0 Å². The normalized spacial score (nSPS) is 12.1. The Hall–Kier alpha value is -3.65. The molecule has 2 amide bonds. The molecule has 0 aliphatic rings. The Kier molecular flexibility index (Phi) is 6.95. The van der Waals surface area contributed by atoms with Crippen LogP contribution in [-0.2, 0) is 21.2 Å². The second-order valence-electron chi connectivity index (χ2n) is 7.55. The summed E-state index contributed by atoms with van der Waals surface area (Å²) in [4.78, 5) is 24.4. The molecule has 0 saturated carbocycles. The fraction of sp³-hybridized carbons (Fsp3) is 0.167. The van der Waals surface area contributed by atoms with Gasteiger partial charge in [-0.25, -0.2) is 8.42 Å². The third-order valence-electron chi connectivity index (χ3n) is 5.12. The fourth-order valence-corrected chi connectivity index (χ4v) is 4.17. The largest absolute Gasteiger partial charge is 0.368 e. The molecule has 0 saturated heterocycles. The fourth-order valence-electron chi connectivity index (χ4n) is 3.12. The standard InChI is InChI=1S/C24H25N3O4S/c1-16-8-11-20(14-17(16)2)27-32(30,31)21-12-9-19(10-13-21)24(29)26-22(23(25)28)15-18-6-4-3-5-7-18/h3-14,22,27H,15H2,1-2H3,(H2,25,28)(H,26,29)/t22-/m0/s1. The summed E-state index contributed by atoms with van der Waals surface area (Å²) < 4.78 is 27.9. The first-order valence-electron chi connectivity index (χ1n) is 10.00. The van der Waals surface area contributed by atoms with E-state index in [9.17, 15) is 18.0 Å². The molecule has 0 aliphatic heterocycles. The number of nitrogens with two attached hydrogens (primary N) is 1. The number of hydrogen-bond donors (Lipinski definition) is 3. The highest BCUT2D eigenvalue weighted by Gasteiger charge is 2.20. The minimum absolute atomic E-state index is 0.0167. The molecule has 0 bridgehead atoms. The molecular weight excluding hydrogens is 426 g/mol. The lowest BCUT2D eigenvalue weighted by atomic mass is 10.0. The zero-order chi connectivity index (χ0) is 23.3. The summed E-state index contributed by atoms with van der Waals surface area (Å²) in [6, 6.07) is 19.1. The summed E-state index contributed by atoms with van der Waals surface area (Å²) in [5.74, 6) is -1.17. The van der Waals surface area contributed by atoms with Crippen LogP contribution >= 0.6 is 0 Å². The average Bonchev–Trinajstić information content (AvgIpc) is 2.76. The molecule has 1 atom stereocenters. The van der Waals surface area contributed by atoms with Gasteiger partial charge in [-0.3, -0.25) is 14.3 Å². The SMILES string of the molecule is Cc1ccc(NS(=O)(=O)c2ccc(C(=O)N[C@@H](Cc3ccccc3)C(N)=O)cc2)cc1C. The van der Waals surface area contributed by atoms with Crippen molar-refractivity contribution in [1.29, 1.82) is 0 Å². The van der Waals surface area contributed by atoms with E-state index in [1.54, 1.807) is 12.1 Å². The zero-order valence-electron chi connectivity index (χ0n) is 17.8. The van der Waals surface area contributed by atoms with E-state index in [4.69, 9.17) is 5.73 Å². The van der Waals surface area contributed by atoms with Crippen LogP contribution < -0.4 is 15.8 Å². The van der Waals surface area contributed by atoms with E-state index in [1.807, 2.05) is 50.2 Å². The minimum atomic E-state index is -3.82. The molecule has 7 nitrogen and oxygen atoms in total. The van der Waals surface area contributed by atoms with Crippen LogP contribution in [0.25, 0.3) is 0 Å². The summed E-state index contributed by atoms with van der Waals surface area (Å²) >= 11 is 0. The van der Waals surface area contributed by atoms with E-state index in [2.05, 4.69) is 10.0 Å². The number of hydrogen-bond acceptors (Lipinski definition) is 4. The van der Waals surface area contributed by atoms with Crippen LogP contribution in [0, 0.1) is 13.8 Å². The van der Waals surface area contributed by atoms with Crippen LogP contribution in [0.2, 0.25) is 0 Å². The molecule has 0 spiro atoms. The Morgan fingerprint density at radius 1 is 0.906 bits per heavy atom. The van der Waals surface area contributed by atoms with Gasteiger partial charge < -0.3 is 11.1 Å². The Morgan fingerprint density at radius 2 is 1.56 bits per heavy atom. The van der Waals surface area contributed by atoms with Crippen molar-refractivity contribution in [3.63, 3.8) is 0 Å². The third-order valence-corrected chi connectivity index (χ3v) is 6.51. The molecule has 32 heavy (non-hydrogen) atoms. The predicted octanol–water partition coefficient (Wildman–Crippen LogP) is 2.93. The number of aryl methyl sites for hydroxylation is 2. The van der Waals surface area contributed by atoms with E-state index in [-0.39, 0.29) is 16.9 Å². The van der Waals surface area contributed by atoms with E-state index in [1.165, 1.54) is 24.3 Å². The molecule has 8 heteroatoms. The molecule has 0 unspecified atom stereocenters. The Labute approximate surface area is 187 Å². The Balaban J connectivity index is 1.71. The molecule has 3 aromatic rings. The van der Waals surface area contributed by atoms with Gasteiger partial charge in [-0.05, 0) is 66.9 Å². The summed E-state index contributed by atoms with van der Waals surface area (Å²) in [7, 11) is -3.82. The van der Waals surface area contributed by atoms with E-state index in [0.717, 1.165) is 16.7 Å². The van der Waals surface area contributed by atoms with Crippen molar-refractivity contribution in [3.05, 3.63) is 95.1 Å². The topological polar surface area (TPSA) is 118 Å². The third kappa shape index (κ3) is 5.73. The highest BCUT2D eigenvalue weighted by Crippen LogP contribution is 2.19. The van der Waals surface area contributed by atoms with Crippen LogP contribution in [0.15, 0.2) is 77.7 Å². The van der Waals surface area contributed by atoms with E-state index < -0.39 is 27.9 Å². The highest BCUT2D eigenvalue weighted by atomic mass is 32.2. The van der Waals surface area contributed by atoms with Crippen LogP contribution in [0.5, 0.6) is 0 Å².